The van der Waals surface area contributed by atoms with Crippen LogP contribution in [-0.4, -0.2) is 26.6 Å². The summed E-state index contributed by atoms with van der Waals surface area (Å²) in [6, 6.07) is 9.10. The third-order valence-corrected chi connectivity index (χ3v) is 6.81. The highest BCUT2D eigenvalue weighted by Gasteiger charge is 2.27. The van der Waals surface area contributed by atoms with Crippen LogP contribution in [0.25, 0.3) is 0 Å². The summed E-state index contributed by atoms with van der Waals surface area (Å²) >= 11 is 1.37. The second-order valence-electron chi connectivity index (χ2n) is 5.77. The van der Waals surface area contributed by atoms with Crippen LogP contribution < -0.4 is 9.62 Å². The summed E-state index contributed by atoms with van der Waals surface area (Å²) in [4.78, 5) is 12.8. The zero-order valence-electron chi connectivity index (χ0n) is 13.5. The van der Waals surface area contributed by atoms with E-state index in [1.54, 1.807) is 12.1 Å². The van der Waals surface area contributed by atoms with Gasteiger partial charge in [0.25, 0.3) is 5.91 Å². The van der Waals surface area contributed by atoms with Gasteiger partial charge in [0.1, 0.15) is 0 Å². The standard InChI is InChI=1S/C17H20N2O3S2/c1-2-11-24(21,22)19-9-3-5-13-7-8-14(12-15(13)19)18-17(20)16-6-4-10-23-16/h4,6-8,10,12H,2-3,5,9,11H2,1H3,(H,18,20). The highest BCUT2D eigenvalue weighted by molar-refractivity contribution is 7.92. The highest BCUT2D eigenvalue weighted by Crippen LogP contribution is 2.32. The molecule has 0 fully saturated rings. The van der Waals surface area contributed by atoms with Crippen LogP contribution >= 0.6 is 11.3 Å². The summed E-state index contributed by atoms with van der Waals surface area (Å²) < 4.78 is 26.5. The van der Waals surface area contributed by atoms with Crippen molar-refractivity contribution in [2.24, 2.45) is 0 Å². The third-order valence-electron chi connectivity index (χ3n) is 3.96. The van der Waals surface area contributed by atoms with Gasteiger partial charge >= 0.3 is 0 Å². The van der Waals surface area contributed by atoms with Gasteiger partial charge in [0.15, 0.2) is 0 Å². The molecule has 1 aromatic heterocycles. The number of benzene rings is 1. The normalized spacial score (nSPS) is 14.3. The van der Waals surface area contributed by atoms with Crippen molar-refractivity contribution in [3.63, 3.8) is 0 Å². The largest absolute Gasteiger partial charge is 0.321 e. The molecule has 1 aromatic carbocycles. The number of amides is 1. The van der Waals surface area contributed by atoms with Crippen molar-refractivity contribution in [2.45, 2.75) is 26.2 Å². The average Bonchev–Trinajstić information content (AvgIpc) is 3.08. The molecule has 0 saturated carbocycles. The van der Waals surface area contributed by atoms with Gasteiger partial charge < -0.3 is 5.32 Å². The fraction of sp³-hybridized carbons (Fsp3) is 0.353. The monoisotopic (exact) mass is 364 g/mol. The Labute approximate surface area is 146 Å². The third kappa shape index (κ3) is 3.47. The molecular formula is C17H20N2O3S2. The lowest BCUT2D eigenvalue weighted by Crippen LogP contribution is -2.37. The van der Waals surface area contributed by atoms with E-state index in [4.69, 9.17) is 0 Å². The van der Waals surface area contributed by atoms with Crippen molar-refractivity contribution in [3.8, 4) is 0 Å². The molecule has 24 heavy (non-hydrogen) atoms. The van der Waals surface area contributed by atoms with Crippen LogP contribution in [0.1, 0.15) is 35.0 Å². The zero-order valence-corrected chi connectivity index (χ0v) is 15.1. The molecule has 0 atom stereocenters. The number of carbonyl (C=O) groups excluding carboxylic acids is 1. The van der Waals surface area contributed by atoms with Gasteiger partial charge in [-0.1, -0.05) is 19.1 Å². The topological polar surface area (TPSA) is 66.5 Å². The molecule has 0 aliphatic carbocycles. The molecule has 1 amide bonds. The van der Waals surface area contributed by atoms with E-state index in [0.717, 1.165) is 18.4 Å². The molecule has 1 aliphatic rings. The molecule has 7 heteroatoms. The van der Waals surface area contributed by atoms with Gasteiger partial charge in [-0.05, 0) is 48.4 Å². The summed E-state index contributed by atoms with van der Waals surface area (Å²) in [5, 5.41) is 4.70. The number of anilines is 2. The van der Waals surface area contributed by atoms with Crippen LogP contribution in [0, 0.1) is 0 Å². The molecule has 3 rings (SSSR count). The Morgan fingerprint density at radius 2 is 2.17 bits per heavy atom. The van der Waals surface area contributed by atoms with Crippen molar-refractivity contribution in [2.75, 3.05) is 21.9 Å². The number of carbonyl (C=O) groups is 1. The van der Waals surface area contributed by atoms with Crippen molar-refractivity contribution in [1.29, 1.82) is 0 Å². The second kappa shape index (κ2) is 6.94. The van der Waals surface area contributed by atoms with E-state index in [9.17, 15) is 13.2 Å². The maximum atomic E-state index is 12.5. The summed E-state index contributed by atoms with van der Waals surface area (Å²) in [5.41, 5.74) is 2.32. The highest BCUT2D eigenvalue weighted by atomic mass is 32.2. The number of sulfonamides is 1. The first-order chi connectivity index (χ1) is 11.5. The van der Waals surface area contributed by atoms with Crippen LogP contribution in [0.5, 0.6) is 0 Å². The fourth-order valence-corrected chi connectivity index (χ4v) is 5.11. The number of nitrogens with one attached hydrogen (secondary N) is 1. The van der Waals surface area contributed by atoms with Crippen molar-refractivity contribution in [1.82, 2.24) is 0 Å². The number of hydrogen-bond acceptors (Lipinski definition) is 4. The van der Waals surface area contributed by atoms with E-state index >= 15 is 0 Å². The molecule has 2 aromatic rings. The molecule has 5 nitrogen and oxygen atoms in total. The first-order valence-corrected chi connectivity index (χ1v) is 10.5. The molecule has 1 aliphatic heterocycles. The smallest absolute Gasteiger partial charge is 0.265 e. The summed E-state index contributed by atoms with van der Waals surface area (Å²) in [6.45, 7) is 2.36. The van der Waals surface area contributed by atoms with Crippen molar-refractivity contribution >= 4 is 38.6 Å². The Morgan fingerprint density at radius 1 is 1.33 bits per heavy atom. The Morgan fingerprint density at radius 3 is 2.88 bits per heavy atom. The molecule has 0 saturated heterocycles. The van der Waals surface area contributed by atoms with E-state index in [-0.39, 0.29) is 11.7 Å². The van der Waals surface area contributed by atoms with Gasteiger partial charge in [0.05, 0.1) is 16.3 Å². The minimum atomic E-state index is -3.31. The van der Waals surface area contributed by atoms with Crippen LogP contribution in [0.4, 0.5) is 11.4 Å². The number of nitrogens with zero attached hydrogens (tertiary/aromatic N) is 1. The first kappa shape index (κ1) is 17.0. The minimum Gasteiger partial charge on any atom is -0.321 e. The maximum absolute atomic E-state index is 12.5. The number of hydrogen-bond donors (Lipinski definition) is 1. The van der Waals surface area contributed by atoms with E-state index in [1.807, 2.05) is 30.5 Å². The Balaban J connectivity index is 1.89. The number of thiophene rings is 1. The molecule has 0 spiro atoms. The molecule has 0 radical (unpaired) electrons. The Bertz CT molecular complexity index is 830. The molecule has 0 unspecified atom stereocenters. The first-order valence-electron chi connectivity index (χ1n) is 7.99. The lowest BCUT2D eigenvalue weighted by molar-refractivity contribution is 0.103. The molecule has 0 bridgehead atoms. The summed E-state index contributed by atoms with van der Waals surface area (Å²) in [6.07, 6.45) is 2.26. The van der Waals surface area contributed by atoms with Crippen LogP contribution in [-0.2, 0) is 16.4 Å². The van der Waals surface area contributed by atoms with E-state index in [2.05, 4.69) is 5.32 Å². The number of rotatable bonds is 5. The second-order valence-corrected chi connectivity index (χ2v) is 8.73. The van der Waals surface area contributed by atoms with Gasteiger partial charge in [-0.15, -0.1) is 11.3 Å². The SMILES string of the molecule is CCCS(=O)(=O)N1CCCc2ccc(NC(=O)c3cccs3)cc21. The van der Waals surface area contributed by atoms with Gasteiger partial charge in [-0.25, -0.2) is 8.42 Å². The molecule has 1 N–H and O–H groups in total. The summed E-state index contributed by atoms with van der Waals surface area (Å²) in [5.74, 6) is -0.0400. The predicted molar refractivity (Wildman–Crippen MR) is 98.5 cm³/mol. The Kier molecular flexibility index (Phi) is 4.91. The molecular weight excluding hydrogens is 344 g/mol. The Hall–Kier alpha value is -1.86. The van der Waals surface area contributed by atoms with E-state index in [1.165, 1.54) is 15.6 Å². The average molecular weight is 364 g/mol. The van der Waals surface area contributed by atoms with Gasteiger partial charge in [-0.2, -0.15) is 0 Å². The van der Waals surface area contributed by atoms with Gasteiger partial charge in [0.2, 0.25) is 10.0 Å². The van der Waals surface area contributed by atoms with Crippen LogP contribution in [0.3, 0.4) is 0 Å². The van der Waals surface area contributed by atoms with E-state index in [0.29, 0.717) is 29.2 Å². The van der Waals surface area contributed by atoms with Gasteiger partial charge in [-0.3, -0.25) is 9.10 Å². The molecule has 2 heterocycles. The zero-order chi connectivity index (χ0) is 17.2. The lowest BCUT2D eigenvalue weighted by Gasteiger charge is -2.30. The number of fused-ring (bicyclic) bond motifs is 1. The number of aryl methyl sites for hydroxylation is 1. The lowest BCUT2D eigenvalue weighted by atomic mass is 10.0. The van der Waals surface area contributed by atoms with Crippen molar-refractivity contribution < 1.29 is 13.2 Å². The fourth-order valence-electron chi connectivity index (χ4n) is 2.88. The maximum Gasteiger partial charge on any atom is 0.265 e. The van der Waals surface area contributed by atoms with Crippen LogP contribution in [0.15, 0.2) is 35.7 Å². The van der Waals surface area contributed by atoms with Crippen LogP contribution in [0.2, 0.25) is 0 Å². The van der Waals surface area contributed by atoms with E-state index < -0.39 is 10.0 Å². The predicted octanol–water partition coefficient (Wildman–Crippen LogP) is 3.49. The van der Waals surface area contributed by atoms with Gasteiger partial charge in [0, 0.05) is 12.2 Å². The van der Waals surface area contributed by atoms with Crippen molar-refractivity contribution in [3.05, 3.63) is 46.2 Å². The minimum absolute atomic E-state index is 0.137. The molecule has 128 valence electrons. The quantitative estimate of drug-likeness (QED) is 0.883. The summed E-state index contributed by atoms with van der Waals surface area (Å²) in [7, 11) is -3.31.